The van der Waals surface area contributed by atoms with E-state index in [1.165, 1.54) is 79.6 Å². The van der Waals surface area contributed by atoms with Crippen molar-refractivity contribution in [3.63, 3.8) is 0 Å². The lowest BCUT2D eigenvalue weighted by Gasteiger charge is -2.42. The fourth-order valence-corrected chi connectivity index (χ4v) is 6.30. The quantitative estimate of drug-likeness (QED) is 0.428. The van der Waals surface area contributed by atoms with Crippen LogP contribution in [0.2, 0.25) is 0 Å². The third kappa shape index (κ3) is 3.83. The van der Waals surface area contributed by atoms with Crippen molar-refractivity contribution < 1.29 is 0 Å². The molecule has 0 aliphatic carbocycles. The Hall–Kier alpha value is -2.70. The van der Waals surface area contributed by atoms with Crippen LogP contribution >= 0.6 is 0 Å². The summed E-state index contributed by atoms with van der Waals surface area (Å²) in [5.74, 6) is 0.663. The van der Waals surface area contributed by atoms with Crippen LogP contribution in [0.15, 0.2) is 36.7 Å². The molecule has 2 aliphatic heterocycles. The first-order chi connectivity index (χ1) is 16.6. The number of aryl methyl sites for hydroxylation is 1. The lowest BCUT2D eigenvalue weighted by Crippen LogP contribution is -2.48. The number of hydrogen-bond donors (Lipinski definition) is 2. The van der Waals surface area contributed by atoms with Crippen LogP contribution in [0.3, 0.4) is 0 Å². The Balaban J connectivity index is 1.19. The molecule has 4 aromatic rings. The van der Waals surface area contributed by atoms with Crippen LogP contribution in [0.25, 0.3) is 33.2 Å². The first kappa shape index (κ1) is 21.8. The lowest BCUT2D eigenvalue weighted by molar-refractivity contribution is 0.0753. The van der Waals surface area contributed by atoms with Gasteiger partial charge in [0.1, 0.15) is 0 Å². The first-order valence-electron chi connectivity index (χ1n) is 13.0. The summed E-state index contributed by atoms with van der Waals surface area (Å²) < 4.78 is 0. The average molecular weight is 457 g/mol. The Morgan fingerprint density at radius 2 is 1.76 bits per heavy atom. The molecule has 3 aromatic heterocycles. The number of likely N-dealkylation sites (tertiary alicyclic amines) is 2. The van der Waals surface area contributed by atoms with Gasteiger partial charge in [-0.1, -0.05) is 6.07 Å². The third-order valence-corrected chi connectivity index (χ3v) is 8.45. The van der Waals surface area contributed by atoms with E-state index in [2.05, 4.69) is 75.0 Å². The summed E-state index contributed by atoms with van der Waals surface area (Å²) in [6.07, 6.45) is 8.93. The van der Waals surface area contributed by atoms with Gasteiger partial charge >= 0.3 is 0 Å². The molecule has 2 N–H and O–H groups in total. The second kappa shape index (κ2) is 8.82. The highest BCUT2D eigenvalue weighted by molar-refractivity contribution is 5.98. The van der Waals surface area contributed by atoms with Crippen molar-refractivity contribution in [2.75, 3.05) is 26.2 Å². The van der Waals surface area contributed by atoms with Gasteiger partial charge in [-0.3, -0.25) is 5.10 Å². The zero-order valence-corrected chi connectivity index (χ0v) is 20.6. The van der Waals surface area contributed by atoms with Gasteiger partial charge in [0.15, 0.2) is 5.65 Å². The number of H-pyrrole nitrogens is 2. The molecule has 2 fully saturated rings. The van der Waals surface area contributed by atoms with Crippen molar-refractivity contribution in [2.45, 2.75) is 64.5 Å². The highest BCUT2D eigenvalue weighted by atomic mass is 15.2. The van der Waals surface area contributed by atoms with Crippen molar-refractivity contribution in [3.8, 4) is 11.3 Å². The first-order valence-corrected chi connectivity index (χ1v) is 13.0. The molecule has 178 valence electrons. The number of fused-ring (bicyclic) bond motifs is 2. The highest BCUT2D eigenvalue weighted by Crippen LogP contribution is 2.36. The number of benzene rings is 1. The molecule has 0 unspecified atom stereocenters. The van der Waals surface area contributed by atoms with Gasteiger partial charge in [0, 0.05) is 40.1 Å². The molecule has 6 nitrogen and oxygen atoms in total. The SMILES string of the molecule is Cc1c(-c2ccnc3[nH]ncc23)[nH]c2ccc(C3CCN(C4CCN(C(C)C)CC4)CC3)cc12. The van der Waals surface area contributed by atoms with Crippen LogP contribution in [0.4, 0.5) is 0 Å². The van der Waals surface area contributed by atoms with E-state index in [0.717, 1.165) is 22.6 Å². The van der Waals surface area contributed by atoms with Gasteiger partial charge in [0.05, 0.1) is 11.9 Å². The largest absolute Gasteiger partial charge is 0.354 e. The normalized spacial score (nSPS) is 19.6. The number of rotatable bonds is 4. The molecule has 2 aliphatic rings. The molecule has 2 saturated heterocycles. The molecule has 0 atom stereocenters. The summed E-state index contributed by atoms with van der Waals surface area (Å²) in [6, 6.07) is 10.6. The van der Waals surface area contributed by atoms with Crippen LogP contribution < -0.4 is 0 Å². The standard InChI is InChI=1S/C28H36N6/c1-18(2)33-14-9-22(10-15-33)34-12-7-20(8-13-34)21-4-5-26-24(16-21)19(3)27(31-26)23-6-11-29-28-25(23)17-30-32-28/h4-6,11,16-18,20,22,31H,7-10,12-15H2,1-3H3,(H,29,30,32). The highest BCUT2D eigenvalue weighted by Gasteiger charge is 2.29. The summed E-state index contributed by atoms with van der Waals surface area (Å²) in [5.41, 5.74) is 7.17. The van der Waals surface area contributed by atoms with Gasteiger partial charge in [-0.15, -0.1) is 0 Å². The van der Waals surface area contributed by atoms with Crippen molar-refractivity contribution in [1.29, 1.82) is 0 Å². The number of aromatic amines is 2. The topological polar surface area (TPSA) is 63.8 Å². The Kier molecular flexibility index (Phi) is 5.66. The minimum absolute atomic E-state index is 0.663. The monoisotopic (exact) mass is 456 g/mol. The fourth-order valence-electron chi connectivity index (χ4n) is 6.30. The van der Waals surface area contributed by atoms with E-state index in [0.29, 0.717) is 12.0 Å². The van der Waals surface area contributed by atoms with Gasteiger partial charge < -0.3 is 14.8 Å². The maximum absolute atomic E-state index is 4.40. The maximum atomic E-state index is 4.40. The zero-order valence-electron chi connectivity index (χ0n) is 20.6. The van der Waals surface area contributed by atoms with Crippen molar-refractivity contribution >= 4 is 21.9 Å². The number of nitrogens with one attached hydrogen (secondary N) is 2. The minimum atomic E-state index is 0.663. The van der Waals surface area contributed by atoms with Gasteiger partial charge in [-0.05, 0) is 108 Å². The molecular weight excluding hydrogens is 420 g/mol. The minimum Gasteiger partial charge on any atom is -0.354 e. The van der Waals surface area contributed by atoms with Gasteiger partial charge in [-0.25, -0.2) is 4.98 Å². The summed E-state index contributed by atoms with van der Waals surface area (Å²) in [7, 11) is 0. The molecular formula is C28H36N6. The van der Waals surface area contributed by atoms with Gasteiger partial charge in [0.2, 0.25) is 0 Å². The number of piperidine rings is 2. The summed E-state index contributed by atoms with van der Waals surface area (Å²) in [5, 5.41) is 9.57. The molecule has 1 aromatic carbocycles. The van der Waals surface area contributed by atoms with Crippen LogP contribution in [0.5, 0.6) is 0 Å². The molecule has 6 heteroatoms. The van der Waals surface area contributed by atoms with Gasteiger partial charge in [0.25, 0.3) is 0 Å². The molecule has 34 heavy (non-hydrogen) atoms. The maximum Gasteiger partial charge on any atom is 0.155 e. The predicted octanol–water partition coefficient (Wildman–Crippen LogP) is 5.47. The van der Waals surface area contributed by atoms with Crippen molar-refractivity contribution in [3.05, 3.63) is 47.8 Å². The Labute approximate surface area is 201 Å². The Bertz CT molecular complexity index is 1280. The van der Waals surface area contributed by atoms with E-state index in [9.17, 15) is 0 Å². The van der Waals surface area contributed by atoms with E-state index in [4.69, 9.17) is 0 Å². The summed E-state index contributed by atoms with van der Waals surface area (Å²) >= 11 is 0. The smallest absolute Gasteiger partial charge is 0.155 e. The Morgan fingerprint density at radius 3 is 2.53 bits per heavy atom. The predicted molar refractivity (Wildman–Crippen MR) is 139 cm³/mol. The number of nitrogens with zero attached hydrogens (tertiary/aromatic N) is 4. The van der Waals surface area contributed by atoms with E-state index in [-0.39, 0.29) is 0 Å². The van der Waals surface area contributed by atoms with Crippen molar-refractivity contribution in [2.24, 2.45) is 0 Å². The second-order valence-electron chi connectivity index (χ2n) is 10.6. The molecule has 5 heterocycles. The summed E-state index contributed by atoms with van der Waals surface area (Å²) in [6.45, 7) is 11.9. The van der Waals surface area contributed by atoms with E-state index in [1.807, 2.05) is 12.4 Å². The second-order valence-corrected chi connectivity index (χ2v) is 10.6. The van der Waals surface area contributed by atoms with E-state index in [1.54, 1.807) is 0 Å². The molecule has 0 radical (unpaired) electrons. The van der Waals surface area contributed by atoms with E-state index >= 15 is 0 Å². The lowest BCUT2D eigenvalue weighted by atomic mass is 9.87. The van der Waals surface area contributed by atoms with Crippen LogP contribution in [0, 0.1) is 6.92 Å². The summed E-state index contributed by atoms with van der Waals surface area (Å²) in [4.78, 5) is 13.5. The third-order valence-electron chi connectivity index (χ3n) is 8.45. The molecule has 6 rings (SSSR count). The van der Waals surface area contributed by atoms with Crippen molar-refractivity contribution in [1.82, 2.24) is 30.0 Å². The molecule has 0 bridgehead atoms. The van der Waals surface area contributed by atoms with E-state index < -0.39 is 0 Å². The van der Waals surface area contributed by atoms with Crippen LogP contribution in [-0.2, 0) is 0 Å². The van der Waals surface area contributed by atoms with Crippen LogP contribution in [-0.4, -0.2) is 68.2 Å². The molecule has 0 spiro atoms. The number of aromatic nitrogens is 4. The fraction of sp³-hybridized carbons (Fsp3) is 0.500. The van der Waals surface area contributed by atoms with Crippen LogP contribution in [0.1, 0.15) is 56.6 Å². The molecule has 0 amide bonds. The molecule has 0 saturated carbocycles. The zero-order chi connectivity index (χ0) is 23.2. The Morgan fingerprint density at radius 1 is 0.971 bits per heavy atom. The number of hydrogen-bond acceptors (Lipinski definition) is 4. The average Bonchev–Trinajstić information content (AvgIpc) is 3.48. The van der Waals surface area contributed by atoms with Gasteiger partial charge in [-0.2, -0.15) is 5.10 Å². The number of pyridine rings is 1.